The maximum atomic E-state index is 12.2. The molecule has 0 saturated heterocycles. The van der Waals surface area contributed by atoms with Crippen LogP contribution in [-0.4, -0.2) is 16.6 Å². The largest absolute Gasteiger partial charge is 0.456 e. The Hall–Kier alpha value is -2.23. The molecule has 0 amide bonds. The lowest BCUT2D eigenvalue weighted by Crippen LogP contribution is -2.24. The highest BCUT2D eigenvalue weighted by atomic mass is 16.6. The van der Waals surface area contributed by atoms with E-state index in [1.54, 1.807) is 0 Å². The highest BCUT2D eigenvalue weighted by Crippen LogP contribution is 2.31. The van der Waals surface area contributed by atoms with Crippen molar-refractivity contribution in [1.29, 1.82) is 0 Å². The maximum absolute atomic E-state index is 12.2. The van der Waals surface area contributed by atoms with Crippen LogP contribution in [0.25, 0.3) is 11.3 Å². The predicted molar refractivity (Wildman–Crippen MR) is 80.5 cm³/mol. The Bertz CT molecular complexity index is 622. The summed E-state index contributed by atoms with van der Waals surface area (Å²) < 4.78 is 5.40. The minimum atomic E-state index is -0.542. The van der Waals surface area contributed by atoms with E-state index in [-0.39, 0.29) is 0 Å². The van der Waals surface area contributed by atoms with E-state index in [2.05, 4.69) is 4.98 Å². The number of nitrogens with two attached hydrogens (primary N) is 1. The van der Waals surface area contributed by atoms with Crippen molar-refractivity contribution < 1.29 is 9.53 Å². The zero-order valence-electron chi connectivity index (χ0n) is 12.3. The maximum Gasteiger partial charge on any atom is 0.342 e. The summed E-state index contributed by atoms with van der Waals surface area (Å²) in [6, 6.07) is 9.68. The Balaban J connectivity index is 2.42. The van der Waals surface area contributed by atoms with Crippen molar-refractivity contribution in [2.45, 2.75) is 33.3 Å². The van der Waals surface area contributed by atoms with Gasteiger partial charge in [-0.2, -0.15) is 0 Å². The van der Waals surface area contributed by atoms with Crippen molar-refractivity contribution in [3.8, 4) is 11.3 Å². The second-order valence-electron chi connectivity index (χ2n) is 5.78. The van der Waals surface area contributed by atoms with Gasteiger partial charge >= 0.3 is 5.97 Å². The molecule has 0 aliphatic heterocycles. The molecule has 4 heteroatoms. The molecule has 1 heterocycles. The van der Waals surface area contributed by atoms with Gasteiger partial charge in [0.05, 0.1) is 11.4 Å². The van der Waals surface area contributed by atoms with Gasteiger partial charge in [-0.25, -0.2) is 4.79 Å². The Kier molecular flexibility index (Phi) is 3.57. The van der Waals surface area contributed by atoms with Gasteiger partial charge < -0.3 is 15.5 Å². The fourth-order valence-corrected chi connectivity index (χ4v) is 2.07. The average Bonchev–Trinajstić information content (AvgIpc) is 2.64. The van der Waals surface area contributed by atoms with Gasteiger partial charge in [-0.3, -0.25) is 0 Å². The van der Waals surface area contributed by atoms with Crippen molar-refractivity contribution in [2.24, 2.45) is 0 Å². The van der Waals surface area contributed by atoms with Crippen molar-refractivity contribution >= 4 is 11.7 Å². The third kappa shape index (κ3) is 2.85. The van der Waals surface area contributed by atoms with Crippen molar-refractivity contribution in [3.05, 3.63) is 41.6 Å². The summed E-state index contributed by atoms with van der Waals surface area (Å²) in [6.45, 7) is 7.33. The van der Waals surface area contributed by atoms with Crippen LogP contribution in [0.4, 0.5) is 5.69 Å². The summed E-state index contributed by atoms with van der Waals surface area (Å²) >= 11 is 0. The number of aromatic nitrogens is 1. The molecular weight excluding hydrogens is 252 g/mol. The molecule has 0 radical (unpaired) electrons. The van der Waals surface area contributed by atoms with Gasteiger partial charge in [0.25, 0.3) is 0 Å². The molecule has 0 aliphatic rings. The number of anilines is 1. The second-order valence-corrected chi connectivity index (χ2v) is 5.78. The van der Waals surface area contributed by atoms with Crippen LogP contribution in [0.5, 0.6) is 0 Å². The van der Waals surface area contributed by atoms with E-state index >= 15 is 0 Å². The van der Waals surface area contributed by atoms with Crippen LogP contribution in [-0.2, 0) is 4.74 Å². The van der Waals surface area contributed by atoms with Crippen LogP contribution < -0.4 is 5.73 Å². The summed E-state index contributed by atoms with van der Waals surface area (Å²) in [6.07, 6.45) is 0. The molecule has 0 atom stereocenters. The van der Waals surface area contributed by atoms with Crippen LogP contribution in [0.15, 0.2) is 30.3 Å². The van der Waals surface area contributed by atoms with Crippen LogP contribution >= 0.6 is 0 Å². The van der Waals surface area contributed by atoms with E-state index in [4.69, 9.17) is 10.5 Å². The molecule has 1 aromatic heterocycles. The SMILES string of the molecule is Cc1[nH]c(-c2ccccc2)c(N)c1C(=O)OC(C)(C)C. The molecule has 20 heavy (non-hydrogen) atoms. The van der Waals surface area contributed by atoms with E-state index in [0.29, 0.717) is 11.3 Å². The second kappa shape index (κ2) is 5.04. The van der Waals surface area contributed by atoms with Crippen molar-refractivity contribution in [3.63, 3.8) is 0 Å². The van der Waals surface area contributed by atoms with Gasteiger partial charge in [0, 0.05) is 11.3 Å². The monoisotopic (exact) mass is 272 g/mol. The van der Waals surface area contributed by atoms with Crippen molar-refractivity contribution in [1.82, 2.24) is 4.98 Å². The van der Waals surface area contributed by atoms with E-state index < -0.39 is 11.6 Å². The van der Waals surface area contributed by atoms with Gasteiger partial charge in [0.1, 0.15) is 11.2 Å². The summed E-state index contributed by atoms with van der Waals surface area (Å²) in [4.78, 5) is 15.4. The highest BCUT2D eigenvalue weighted by molar-refractivity contribution is 6.00. The lowest BCUT2D eigenvalue weighted by molar-refractivity contribution is 0.00702. The van der Waals surface area contributed by atoms with Crippen LogP contribution in [0.2, 0.25) is 0 Å². The van der Waals surface area contributed by atoms with Gasteiger partial charge in [-0.05, 0) is 27.7 Å². The molecule has 2 aromatic rings. The predicted octanol–water partition coefficient (Wildman–Crippen LogP) is 3.53. The number of carbonyl (C=O) groups excluding carboxylic acids is 1. The summed E-state index contributed by atoms with van der Waals surface area (Å²) in [7, 11) is 0. The fourth-order valence-electron chi connectivity index (χ4n) is 2.07. The molecule has 106 valence electrons. The molecule has 0 spiro atoms. The summed E-state index contributed by atoms with van der Waals surface area (Å²) in [5, 5.41) is 0. The molecule has 0 unspecified atom stereocenters. The number of ether oxygens (including phenoxy) is 1. The van der Waals surface area contributed by atoms with E-state index in [9.17, 15) is 4.79 Å². The molecule has 0 fully saturated rings. The molecule has 2 rings (SSSR count). The third-order valence-electron chi connectivity index (χ3n) is 2.89. The van der Waals surface area contributed by atoms with E-state index in [0.717, 1.165) is 17.0 Å². The number of aromatic amines is 1. The molecule has 0 saturated carbocycles. The molecule has 4 nitrogen and oxygen atoms in total. The lowest BCUT2D eigenvalue weighted by Gasteiger charge is -2.19. The van der Waals surface area contributed by atoms with Crippen molar-refractivity contribution in [2.75, 3.05) is 5.73 Å². The lowest BCUT2D eigenvalue weighted by atomic mass is 10.1. The number of benzene rings is 1. The minimum Gasteiger partial charge on any atom is -0.456 e. The van der Waals surface area contributed by atoms with Crippen LogP contribution in [0.3, 0.4) is 0 Å². The molecule has 0 aliphatic carbocycles. The normalized spacial score (nSPS) is 11.4. The number of rotatable bonds is 2. The fraction of sp³-hybridized carbons (Fsp3) is 0.312. The van der Waals surface area contributed by atoms with E-state index in [1.165, 1.54) is 0 Å². The molecule has 3 N–H and O–H groups in total. The summed E-state index contributed by atoms with van der Waals surface area (Å²) in [5.41, 5.74) is 8.85. The Labute approximate surface area is 119 Å². The Morgan fingerprint density at radius 2 is 1.80 bits per heavy atom. The van der Waals surface area contributed by atoms with Gasteiger partial charge in [-0.1, -0.05) is 30.3 Å². The molecular formula is C16H20N2O2. The minimum absolute atomic E-state index is 0.397. The quantitative estimate of drug-likeness (QED) is 0.822. The smallest absolute Gasteiger partial charge is 0.342 e. The zero-order valence-corrected chi connectivity index (χ0v) is 12.3. The number of esters is 1. The first-order valence-corrected chi connectivity index (χ1v) is 6.56. The van der Waals surface area contributed by atoms with Crippen LogP contribution in [0, 0.1) is 6.92 Å². The topological polar surface area (TPSA) is 68.1 Å². The number of nitrogens with one attached hydrogen (secondary N) is 1. The number of nitrogen functional groups attached to an aromatic ring is 1. The van der Waals surface area contributed by atoms with Gasteiger partial charge in [-0.15, -0.1) is 0 Å². The first-order valence-electron chi connectivity index (χ1n) is 6.56. The first-order chi connectivity index (χ1) is 9.29. The Morgan fingerprint density at radius 3 is 2.35 bits per heavy atom. The number of hydrogen-bond acceptors (Lipinski definition) is 3. The number of hydrogen-bond donors (Lipinski definition) is 2. The molecule has 0 bridgehead atoms. The average molecular weight is 272 g/mol. The highest BCUT2D eigenvalue weighted by Gasteiger charge is 2.25. The van der Waals surface area contributed by atoms with Crippen LogP contribution in [0.1, 0.15) is 36.8 Å². The zero-order chi connectivity index (χ0) is 14.9. The Morgan fingerprint density at radius 1 is 1.20 bits per heavy atom. The van der Waals surface area contributed by atoms with Gasteiger partial charge in [0.15, 0.2) is 0 Å². The number of H-pyrrole nitrogens is 1. The standard InChI is InChI=1S/C16H20N2O2/c1-10-12(15(19)20-16(2,3)4)13(17)14(18-10)11-8-6-5-7-9-11/h5-9,18H,17H2,1-4H3. The first kappa shape index (κ1) is 14.2. The van der Waals surface area contributed by atoms with Gasteiger partial charge in [0.2, 0.25) is 0 Å². The number of aryl methyl sites for hydroxylation is 1. The van der Waals surface area contributed by atoms with E-state index in [1.807, 2.05) is 58.0 Å². The summed E-state index contributed by atoms with van der Waals surface area (Å²) in [5.74, 6) is -0.397. The molecule has 1 aromatic carbocycles. The third-order valence-corrected chi connectivity index (χ3v) is 2.89. The number of carbonyl (C=O) groups is 1.